The monoisotopic (exact) mass is 282 g/mol. The second kappa shape index (κ2) is 5.44. The quantitative estimate of drug-likeness (QED) is 0.800. The Kier molecular flexibility index (Phi) is 3.48. The van der Waals surface area contributed by atoms with Crippen LogP contribution in [0, 0.1) is 13.8 Å². The molecule has 0 saturated carbocycles. The number of aromatic nitrogens is 4. The predicted molar refractivity (Wildman–Crippen MR) is 80.2 cm³/mol. The molecule has 0 spiro atoms. The van der Waals surface area contributed by atoms with E-state index in [0.717, 1.165) is 23.2 Å². The lowest BCUT2D eigenvalue weighted by Crippen LogP contribution is -2.06. The van der Waals surface area contributed by atoms with E-state index in [4.69, 9.17) is 0 Å². The summed E-state index contributed by atoms with van der Waals surface area (Å²) >= 11 is 0. The second-order valence-corrected chi connectivity index (χ2v) is 5.27. The van der Waals surface area contributed by atoms with Crippen molar-refractivity contribution in [2.75, 3.05) is 0 Å². The molecule has 0 aliphatic rings. The lowest BCUT2D eigenvalue weighted by molar-refractivity contribution is 0.460. The first kappa shape index (κ1) is 13.4. The molecule has 0 aliphatic carbocycles. The highest BCUT2D eigenvalue weighted by Crippen LogP contribution is 2.29. The van der Waals surface area contributed by atoms with E-state index >= 15 is 0 Å². The van der Waals surface area contributed by atoms with Gasteiger partial charge in [-0.3, -0.25) is 0 Å². The fourth-order valence-corrected chi connectivity index (χ4v) is 2.54. The Balaban J connectivity index is 2.00. The molecule has 0 atom stereocenters. The molecule has 0 amide bonds. The summed E-state index contributed by atoms with van der Waals surface area (Å²) in [6, 6.07) is 2.04. The fourth-order valence-electron chi connectivity index (χ4n) is 2.54. The van der Waals surface area contributed by atoms with Crippen LogP contribution in [0.15, 0.2) is 43.5 Å². The van der Waals surface area contributed by atoms with Gasteiger partial charge in [0.05, 0.1) is 19.2 Å². The van der Waals surface area contributed by atoms with Gasteiger partial charge in [0.2, 0.25) is 0 Å². The zero-order chi connectivity index (χ0) is 14.8. The normalized spacial score (nSPS) is 11.0. The number of phenols is 1. The van der Waals surface area contributed by atoms with Crippen molar-refractivity contribution in [3.63, 3.8) is 0 Å². The average molecular weight is 282 g/mol. The molecule has 2 heterocycles. The Bertz CT molecular complexity index is 730. The molecule has 2 aromatic heterocycles. The zero-order valence-electron chi connectivity index (χ0n) is 12.2. The second-order valence-electron chi connectivity index (χ2n) is 5.27. The third-order valence-corrected chi connectivity index (χ3v) is 3.80. The molecule has 1 N–H and O–H groups in total. The van der Waals surface area contributed by atoms with Crippen LogP contribution in [-0.2, 0) is 13.1 Å². The standard InChI is InChI=1S/C16H18N4O/c1-12-7-14(8-19-5-3-17-10-19)13(2)15(16(12)21)9-20-6-4-18-11-20/h3-7,10-11,21H,8-9H2,1-2H3. The molecule has 3 aromatic rings. The molecule has 108 valence electrons. The third-order valence-electron chi connectivity index (χ3n) is 3.80. The molecular formula is C16H18N4O. The van der Waals surface area contributed by atoms with E-state index in [1.807, 2.05) is 34.5 Å². The van der Waals surface area contributed by atoms with Crippen molar-refractivity contribution in [3.05, 3.63) is 65.8 Å². The minimum Gasteiger partial charge on any atom is -0.507 e. The first-order chi connectivity index (χ1) is 10.1. The smallest absolute Gasteiger partial charge is 0.123 e. The van der Waals surface area contributed by atoms with Gasteiger partial charge in [0, 0.05) is 36.9 Å². The van der Waals surface area contributed by atoms with Gasteiger partial charge >= 0.3 is 0 Å². The van der Waals surface area contributed by atoms with Gasteiger partial charge in [-0.25, -0.2) is 9.97 Å². The molecule has 5 heteroatoms. The van der Waals surface area contributed by atoms with Gasteiger partial charge in [-0.2, -0.15) is 0 Å². The van der Waals surface area contributed by atoms with Crippen LogP contribution in [0.4, 0.5) is 0 Å². The van der Waals surface area contributed by atoms with Gasteiger partial charge in [-0.05, 0) is 30.5 Å². The van der Waals surface area contributed by atoms with Crippen LogP contribution in [0.2, 0.25) is 0 Å². The molecule has 3 rings (SSSR count). The Hall–Kier alpha value is -2.56. The van der Waals surface area contributed by atoms with Crippen molar-refractivity contribution in [3.8, 4) is 5.75 Å². The van der Waals surface area contributed by atoms with Crippen molar-refractivity contribution in [2.45, 2.75) is 26.9 Å². The van der Waals surface area contributed by atoms with Crippen LogP contribution in [0.1, 0.15) is 22.3 Å². The number of imidazole rings is 2. The van der Waals surface area contributed by atoms with E-state index in [0.29, 0.717) is 12.3 Å². The van der Waals surface area contributed by atoms with Gasteiger partial charge in [0.15, 0.2) is 0 Å². The van der Waals surface area contributed by atoms with Gasteiger partial charge in [0.25, 0.3) is 0 Å². The molecule has 5 nitrogen and oxygen atoms in total. The van der Waals surface area contributed by atoms with Crippen molar-refractivity contribution >= 4 is 0 Å². The summed E-state index contributed by atoms with van der Waals surface area (Å²) in [5, 5.41) is 10.4. The Labute approximate surface area is 123 Å². The summed E-state index contributed by atoms with van der Waals surface area (Å²) in [7, 11) is 0. The van der Waals surface area contributed by atoms with Crippen LogP contribution in [0.5, 0.6) is 5.75 Å². The van der Waals surface area contributed by atoms with Crippen LogP contribution in [0.25, 0.3) is 0 Å². The first-order valence-electron chi connectivity index (χ1n) is 6.87. The summed E-state index contributed by atoms with van der Waals surface area (Å²) in [5.74, 6) is 0.371. The minimum absolute atomic E-state index is 0.371. The Morgan fingerprint density at radius 2 is 1.62 bits per heavy atom. The van der Waals surface area contributed by atoms with E-state index in [1.165, 1.54) is 5.56 Å². The molecule has 0 radical (unpaired) electrons. The van der Waals surface area contributed by atoms with E-state index in [-0.39, 0.29) is 0 Å². The zero-order valence-corrected chi connectivity index (χ0v) is 12.2. The average Bonchev–Trinajstić information content (AvgIpc) is 3.14. The van der Waals surface area contributed by atoms with Crippen molar-refractivity contribution < 1.29 is 5.11 Å². The molecule has 0 bridgehead atoms. The molecule has 0 unspecified atom stereocenters. The summed E-state index contributed by atoms with van der Waals surface area (Å²) in [4.78, 5) is 8.12. The minimum atomic E-state index is 0.371. The predicted octanol–water partition coefficient (Wildman–Crippen LogP) is 2.50. The molecule has 0 fully saturated rings. The third kappa shape index (κ3) is 2.67. The summed E-state index contributed by atoms with van der Waals surface area (Å²) in [6.45, 7) is 5.36. The maximum absolute atomic E-state index is 10.4. The lowest BCUT2D eigenvalue weighted by atomic mass is 9.97. The highest BCUT2D eigenvalue weighted by Gasteiger charge is 2.13. The summed E-state index contributed by atoms with van der Waals surface area (Å²) in [6.07, 6.45) is 10.9. The molecule has 0 aliphatic heterocycles. The van der Waals surface area contributed by atoms with Crippen LogP contribution < -0.4 is 0 Å². The number of phenolic OH excluding ortho intramolecular Hbond substituents is 1. The number of hydrogen-bond donors (Lipinski definition) is 1. The Morgan fingerprint density at radius 1 is 1.00 bits per heavy atom. The van der Waals surface area contributed by atoms with Crippen LogP contribution in [-0.4, -0.2) is 24.2 Å². The largest absolute Gasteiger partial charge is 0.507 e. The topological polar surface area (TPSA) is 55.9 Å². The van der Waals surface area contributed by atoms with Gasteiger partial charge < -0.3 is 14.2 Å². The number of aromatic hydroxyl groups is 1. The SMILES string of the molecule is Cc1cc(Cn2ccnc2)c(C)c(Cn2ccnc2)c1O. The van der Waals surface area contributed by atoms with E-state index in [2.05, 4.69) is 16.9 Å². The van der Waals surface area contributed by atoms with Crippen LogP contribution >= 0.6 is 0 Å². The number of nitrogens with zero attached hydrogens (tertiary/aromatic N) is 4. The van der Waals surface area contributed by atoms with Gasteiger partial charge in [0.1, 0.15) is 5.75 Å². The number of benzene rings is 1. The maximum Gasteiger partial charge on any atom is 0.123 e. The van der Waals surface area contributed by atoms with E-state index in [9.17, 15) is 5.11 Å². The fraction of sp³-hybridized carbons (Fsp3) is 0.250. The molecule has 0 saturated heterocycles. The Morgan fingerprint density at radius 3 is 2.19 bits per heavy atom. The highest BCUT2D eigenvalue weighted by atomic mass is 16.3. The number of rotatable bonds is 4. The van der Waals surface area contributed by atoms with Gasteiger partial charge in [-0.15, -0.1) is 0 Å². The van der Waals surface area contributed by atoms with Crippen LogP contribution in [0.3, 0.4) is 0 Å². The maximum atomic E-state index is 10.4. The lowest BCUT2D eigenvalue weighted by Gasteiger charge is -2.16. The van der Waals surface area contributed by atoms with E-state index in [1.54, 1.807) is 25.0 Å². The number of aryl methyl sites for hydroxylation is 1. The highest BCUT2D eigenvalue weighted by molar-refractivity contribution is 5.49. The molecule has 1 aromatic carbocycles. The first-order valence-corrected chi connectivity index (χ1v) is 6.87. The molecular weight excluding hydrogens is 264 g/mol. The van der Waals surface area contributed by atoms with Crippen molar-refractivity contribution in [1.29, 1.82) is 0 Å². The molecule has 21 heavy (non-hydrogen) atoms. The summed E-state index contributed by atoms with van der Waals surface area (Å²) < 4.78 is 3.99. The number of hydrogen-bond acceptors (Lipinski definition) is 3. The van der Waals surface area contributed by atoms with Gasteiger partial charge in [-0.1, -0.05) is 6.07 Å². The summed E-state index contributed by atoms with van der Waals surface area (Å²) in [5.41, 5.74) is 4.15. The van der Waals surface area contributed by atoms with Crippen molar-refractivity contribution in [1.82, 2.24) is 19.1 Å². The van der Waals surface area contributed by atoms with Crippen molar-refractivity contribution in [2.24, 2.45) is 0 Å². The van der Waals surface area contributed by atoms with E-state index < -0.39 is 0 Å².